The molecule has 0 spiro atoms. The number of hydrogen-bond acceptors (Lipinski definition) is 6. The lowest BCUT2D eigenvalue weighted by Gasteiger charge is -2.12. The van der Waals surface area contributed by atoms with Crippen molar-refractivity contribution in [1.29, 1.82) is 0 Å². The van der Waals surface area contributed by atoms with Crippen molar-refractivity contribution in [1.82, 2.24) is 15.5 Å². The van der Waals surface area contributed by atoms with E-state index in [4.69, 9.17) is 14.7 Å². The molecule has 1 heterocycles. The summed E-state index contributed by atoms with van der Waals surface area (Å²) >= 11 is 0. The summed E-state index contributed by atoms with van der Waals surface area (Å²) < 4.78 is 4.81. The van der Waals surface area contributed by atoms with Crippen LogP contribution in [0.4, 0.5) is 0 Å². The van der Waals surface area contributed by atoms with Gasteiger partial charge in [-0.05, 0) is 13.3 Å². The molecular formula is C11H15N3O6. The van der Waals surface area contributed by atoms with Crippen molar-refractivity contribution in [2.45, 2.75) is 38.6 Å². The number of nitrogens with zero attached hydrogens (tertiary/aromatic N) is 2. The normalized spacial score (nSPS) is 11.8. The van der Waals surface area contributed by atoms with E-state index in [1.165, 1.54) is 0 Å². The highest BCUT2D eigenvalue weighted by Crippen LogP contribution is 2.02. The first kappa shape index (κ1) is 15.6. The van der Waals surface area contributed by atoms with Crippen LogP contribution in [0.5, 0.6) is 0 Å². The molecule has 0 aliphatic rings. The Morgan fingerprint density at radius 2 is 2.00 bits per heavy atom. The number of aryl methyl sites for hydroxylation is 2. The van der Waals surface area contributed by atoms with Gasteiger partial charge in [-0.25, -0.2) is 4.79 Å². The largest absolute Gasteiger partial charge is 0.481 e. The van der Waals surface area contributed by atoms with E-state index in [1.807, 2.05) is 0 Å². The van der Waals surface area contributed by atoms with Crippen molar-refractivity contribution in [2.75, 3.05) is 0 Å². The first-order chi connectivity index (χ1) is 9.38. The van der Waals surface area contributed by atoms with Crippen molar-refractivity contribution >= 4 is 17.8 Å². The molecule has 20 heavy (non-hydrogen) atoms. The molecule has 1 aromatic heterocycles. The Hall–Kier alpha value is -2.45. The minimum atomic E-state index is -1.27. The second-order valence-electron chi connectivity index (χ2n) is 4.13. The van der Waals surface area contributed by atoms with Gasteiger partial charge in [-0.2, -0.15) is 4.98 Å². The molecule has 0 aliphatic carbocycles. The first-order valence-electron chi connectivity index (χ1n) is 5.91. The molecular weight excluding hydrogens is 270 g/mol. The average molecular weight is 285 g/mol. The first-order valence-corrected chi connectivity index (χ1v) is 5.91. The van der Waals surface area contributed by atoms with Crippen LogP contribution in [0.25, 0.3) is 0 Å². The van der Waals surface area contributed by atoms with Gasteiger partial charge in [0.25, 0.3) is 0 Å². The van der Waals surface area contributed by atoms with Gasteiger partial charge < -0.3 is 20.1 Å². The van der Waals surface area contributed by atoms with Gasteiger partial charge in [0.1, 0.15) is 6.04 Å². The third kappa shape index (κ3) is 5.46. The lowest BCUT2D eigenvalue weighted by Crippen LogP contribution is -2.41. The average Bonchev–Trinajstić information content (AvgIpc) is 2.77. The SMILES string of the molecule is Cc1noc(CCC(=O)NC(CCC(=O)O)C(=O)O)n1. The highest BCUT2D eigenvalue weighted by atomic mass is 16.5. The van der Waals surface area contributed by atoms with Crippen LogP contribution in [-0.2, 0) is 20.8 Å². The minimum absolute atomic E-state index is 0.0154. The Labute approximate surface area is 114 Å². The maximum Gasteiger partial charge on any atom is 0.326 e. The Morgan fingerprint density at radius 3 is 2.50 bits per heavy atom. The van der Waals surface area contributed by atoms with E-state index in [0.29, 0.717) is 5.82 Å². The Morgan fingerprint density at radius 1 is 1.30 bits per heavy atom. The highest BCUT2D eigenvalue weighted by molar-refractivity contribution is 5.84. The zero-order valence-corrected chi connectivity index (χ0v) is 10.8. The van der Waals surface area contributed by atoms with E-state index in [0.717, 1.165) is 0 Å². The predicted octanol–water partition coefficient (Wildman–Crippen LogP) is -0.255. The smallest absolute Gasteiger partial charge is 0.326 e. The topological polar surface area (TPSA) is 143 Å². The molecule has 0 aromatic carbocycles. The zero-order valence-electron chi connectivity index (χ0n) is 10.8. The summed E-state index contributed by atoms with van der Waals surface area (Å²) in [5.41, 5.74) is 0. The number of carbonyl (C=O) groups excluding carboxylic acids is 1. The fraction of sp³-hybridized carbons (Fsp3) is 0.545. The molecule has 1 amide bonds. The van der Waals surface area contributed by atoms with Gasteiger partial charge >= 0.3 is 11.9 Å². The number of aromatic nitrogens is 2. The van der Waals surface area contributed by atoms with Crippen LogP contribution >= 0.6 is 0 Å². The summed E-state index contributed by atoms with van der Waals surface area (Å²) in [6.07, 6.45) is -0.327. The number of hydrogen-bond donors (Lipinski definition) is 3. The van der Waals surface area contributed by atoms with Gasteiger partial charge in [0.15, 0.2) is 5.82 Å². The van der Waals surface area contributed by atoms with E-state index < -0.39 is 23.9 Å². The summed E-state index contributed by atoms with van der Waals surface area (Å²) in [4.78, 5) is 36.7. The fourth-order valence-electron chi connectivity index (χ4n) is 1.45. The number of nitrogens with one attached hydrogen (secondary N) is 1. The Balaban J connectivity index is 2.41. The van der Waals surface area contributed by atoms with Gasteiger partial charge in [0.2, 0.25) is 11.8 Å². The number of aliphatic carboxylic acids is 2. The summed E-state index contributed by atoms with van der Waals surface area (Å²) in [5, 5.41) is 23.2. The molecule has 110 valence electrons. The van der Waals surface area contributed by atoms with Crippen molar-refractivity contribution < 1.29 is 29.1 Å². The van der Waals surface area contributed by atoms with E-state index in [-0.39, 0.29) is 31.6 Å². The molecule has 9 nitrogen and oxygen atoms in total. The molecule has 9 heteroatoms. The molecule has 0 saturated heterocycles. The monoisotopic (exact) mass is 285 g/mol. The lowest BCUT2D eigenvalue weighted by molar-refractivity contribution is -0.143. The molecule has 0 bridgehead atoms. The molecule has 1 aromatic rings. The molecule has 0 fully saturated rings. The van der Waals surface area contributed by atoms with Gasteiger partial charge in [-0.3, -0.25) is 9.59 Å². The molecule has 0 radical (unpaired) electrons. The van der Waals surface area contributed by atoms with Gasteiger partial charge in [-0.1, -0.05) is 5.16 Å². The molecule has 1 rings (SSSR count). The number of carboxylic acid groups (broad SMARTS) is 2. The Kier molecular flexibility index (Phi) is 5.63. The summed E-state index contributed by atoms with van der Waals surface area (Å²) in [7, 11) is 0. The van der Waals surface area contributed by atoms with Crippen LogP contribution in [0.2, 0.25) is 0 Å². The fourth-order valence-corrected chi connectivity index (χ4v) is 1.45. The van der Waals surface area contributed by atoms with Crippen LogP contribution in [0.15, 0.2) is 4.52 Å². The number of amides is 1. The number of carbonyl (C=O) groups is 3. The van der Waals surface area contributed by atoms with E-state index in [2.05, 4.69) is 15.5 Å². The molecule has 1 atom stereocenters. The van der Waals surface area contributed by atoms with E-state index in [1.54, 1.807) is 6.92 Å². The van der Waals surface area contributed by atoms with Crippen LogP contribution in [-0.4, -0.2) is 44.2 Å². The maximum atomic E-state index is 11.6. The lowest BCUT2D eigenvalue weighted by atomic mass is 10.1. The highest BCUT2D eigenvalue weighted by Gasteiger charge is 2.21. The minimum Gasteiger partial charge on any atom is -0.481 e. The van der Waals surface area contributed by atoms with Crippen molar-refractivity contribution in [3.63, 3.8) is 0 Å². The molecule has 3 N–H and O–H groups in total. The van der Waals surface area contributed by atoms with Gasteiger partial charge in [0, 0.05) is 19.3 Å². The third-order valence-electron chi connectivity index (χ3n) is 2.42. The number of rotatable bonds is 8. The van der Waals surface area contributed by atoms with Gasteiger partial charge in [-0.15, -0.1) is 0 Å². The van der Waals surface area contributed by atoms with Crippen molar-refractivity contribution in [2.24, 2.45) is 0 Å². The number of carboxylic acids is 2. The quantitative estimate of drug-likeness (QED) is 0.593. The van der Waals surface area contributed by atoms with Crippen molar-refractivity contribution in [3.8, 4) is 0 Å². The van der Waals surface area contributed by atoms with E-state index in [9.17, 15) is 14.4 Å². The van der Waals surface area contributed by atoms with Crippen LogP contribution < -0.4 is 5.32 Å². The van der Waals surface area contributed by atoms with Crippen LogP contribution in [0.3, 0.4) is 0 Å². The second-order valence-corrected chi connectivity index (χ2v) is 4.13. The zero-order chi connectivity index (χ0) is 15.1. The van der Waals surface area contributed by atoms with Crippen LogP contribution in [0, 0.1) is 6.92 Å². The van der Waals surface area contributed by atoms with Crippen LogP contribution in [0.1, 0.15) is 31.0 Å². The van der Waals surface area contributed by atoms with E-state index >= 15 is 0 Å². The summed E-state index contributed by atoms with van der Waals surface area (Å²) in [6.45, 7) is 1.64. The molecule has 1 unspecified atom stereocenters. The molecule has 0 saturated carbocycles. The maximum absolute atomic E-state index is 11.6. The predicted molar refractivity (Wildman–Crippen MR) is 63.8 cm³/mol. The standard InChI is InChI=1S/C11H15N3O6/c1-6-12-9(20-14-6)4-3-8(15)13-7(11(18)19)2-5-10(16)17/h7H,2-5H2,1H3,(H,13,15)(H,16,17)(H,18,19). The second kappa shape index (κ2) is 7.22. The van der Waals surface area contributed by atoms with Gasteiger partial charge in [0.05, 0.1) is 0 Å². The summed E-state index contributed by atoms with van der Waals surface area (Å²) in [6, 6.07) is -1.22. The van der Waals surface area contributed by atoms with Crippen molar-refractivity contribution in [3.05, 3.63) is 11.7 Å². The third-order valence-corrected chi connectivity index (χ3v) is 2.42. The molecule has 0 aliphatic heterocycles. The summed E-state index contributed by atoms with van der Waals surface area (Å²) in [5.74, 6) is -2.17. The Bertz CT molecular complexity index is 498.